The van der Waals surface area contributed by atoms with Gasteiger partial charge in [-0.25, -0.2) is 9.48 Å². The third-order valence-electron chi connectivity index (χ3n) is 3.92. The van der Waals surface area contributed by atoms with Crippen LogP contribution >= 0.6 is 0 Å². The van der Waals surface area contributed by atoms with Crippen LogP contribution in [-0.4, -0.2) is 51.3 Å². The van der Waals surface area contributed by atoms with Crippen LogP contribution in [0.1, 0.15) is 28.9 Å². The van der Waals surface area contributed by atoms with Crippen LogP contribution in [0.15, 0.2) is 24.4 Å². The molecule has 1 atom stereocenters. The second-order valence-electron chi connectivity index (χ2n) is 6.10. The van der Waals surface area contributed by atoms with Gasteiger partial charge >= 0.3 is 5.97 Å². The average Bonchev–Trinajstić information content (AvgIpc) is 3.26. The Morgan fingerprint density at radius 3 is 3.00 bits per heavy atom. The lowest BCUT2D eigenvalue weighted by atomic mass is 10.2. The highest BCUT2D eigenvalue weighted by atomic mass is 16.5. The predicted molar refractivity (Wildman–Crippen MR) is 91.3 cm³/mol. The first-order valence-electron chi connectivity index (χ1n) is 8.29. The summed E-state index contributed by atoms with van der Waals surface area (Å²) in [7, 11) is 0. The molecule has 1 saturated heterocycles. The first-order chi connectivity index (χ1) is 12.5. The second kappa shape index (κ2) is 7.96. The number of aryl methyl sites for hydroxylation is 1. The molecule has 0 radical (unpaired) electrons. The number of amides is 1. The van der Waals surface area contributed by atoms with E-state index in [1.54, 1.807) is 6.07 Å². The maximum Gasteiger partial charge on any atom is 0.358 e. The van der Waals surface area contributed by atoms with Crippen molar-refractivity contribution in [3.63, 3.8) is 0 Å². The van der Waals surface area contributed by atoms with Crippen LogP contribution in [0, 0.1) is 6.92 Å². The van der Waals surface area contributed by atoms with Gasteiger partial charge in [-0.05, 0) is 37.5 Å². The number of benzene rings is 1. The number of anilines is 1. The van der Waals surface area contributed by atoms with Crippen molar-refractivity contribution in [2.45, 2.75) is 32.4 Å². The first kappa shape index (κ1) is 17.9. The Balaban J connectivity index is 1.63. The molecule has 2 aromatic rings. The number of aromatic nitrogens is 3. The number of nitrogens with zero attached hydrogens (tertiary/aromatic N) is 3. The first-order valence-corrected chi connectivity index (χ1v) is 8.29. The minimum atomic E-state index is -1.19. The normalized spacial score (nSPS) is 16.4. The molecule has 0 saturated carbocycles. The largest absolute Gasteiger partial charge is 0.489 e. The van der Waals surface area contributed by atoms with Gasteiger partial charge in [0.25, 0.3) is 0 Å². The van der Waals surface area contributed by atoms with E-state index in [1.165, 1.54) is 10.9 Å². The van der Waals surface area contributed by atoms with Crippen LogP contribution in [0.3, 0.4) is 0 Å². The third kappa shape index (κ3) is 4.57. The van der Waals surface area contributed by atoms with E-state index in [2.05, 4.69) is 15.6 Å². The number of ether oxygens (including phenoxy) is 2. The van der Waals surface area contributed by atoms with Gasteiger partial charge in [0.1, 0.15) is 18.9 Å². The van der Waals surface area contributed by atoms with E-state index in [1.807, 2.05) is 19.1 Å². The molecular formula is C17H20N4O5. The summed E-state index contributed by atoms with van der Waals surface area (Å²) in [5, 5.41) is 18.7. The van der Waals surface area contributed by atoms with Gasteiger partial charge in [0.15, 0.2) is 5.69 Å². The lowest BCUT2D eigenvalue weighted by Crippen LogP contribution is -2.21. The topological polar surface area (TPSA) is 116 Å². The van der Waals surface area contributed by atoms with Gasteiger partial charge < -0.3 is 19.9 Å². The summed E-state index contributed by atoms with van der Waals surface area (Å²) in [4.78, 5) is 23.0. The van der Waals surface area contributed by atoms with Crippen LogP contribution < -0.4 is 10.1 Å². The Kier molecular flexibility index (Phi) is 5.47. The summed E-state index contributed by atoms with van der Waals surface area (Å²) >= 11 is 0. The maximum absolute atomic E-state index is 12.2. The fraction of sp³-hybridized carbons (Fsp3) is 0.412. The smallest absolute Gasteiger partial charge is 0.358 e. The van der Waals surface area contributed by atoms with Gasteiger partial charge in [-0.15, -0.1) is 5.10 Å². The number of hydrogen-bond acceptors (Lipinski definition) is 6. The summed E-state index contributed by atoms with van der Waals surface area (Å²) in [5.74, 6) is -0.990. The van der Waals surface area contributed by atoms with Crippen molar-refractivity contribution >= 4 is 17.6 Å². The summed E-state index contributed by atoms with van der Waals surface area (Å²) < 4.78 is 12.6. The molecule has 1 aliphatic heterocycles. The Morgan fingerprint density at radius 1 is 1.46 bits per heavy atom. The summed E-state index contributed by atoms with van der Waals surface area (Å²) in [5.41, 5.74) is 1.33. The second-order valence-corrected chi connectivity index (χ2v) is 6.10. The molecule has 1 aliphatic rings. The number of rotatable bonds is 7. The van der Waals surface area contributed by atoms with Gasteiger partial charge in [-0.3, -0.25) is 4.79 Å². The molecule has 0 bridgehead atoms. The molecule has 2 N–H and O–H groups in total. The van der Waals surface area contributed by atoms with E-state index < -0.39 is 5.97 Å². The highest BCUT2D eigenvalue weighted by Crippen LogP contribution is 2.27. The minimum absolute atomic E-state index is 0.0728. The fourth-order valence-corrected chi connectivity index (χ4v) is 2.62. The van der Waals surface area contributed by atoms with E-state index in [-0.39, 0.29) is 24.2 Å². The van der Waals surface area contributed by atoms with Crippen LogP contribution in [0.5, 0.6) is 5.75 Å². The molecule has 1 aromatic carbocycles. The van der Waals surface area contributed by atoms with E-state index in [0.29, 0.717) is 18.0 Å². The molecule has 1 unspecified atom stereocenters. The zero-order chi connectivity index (χ0) is 18.5. The number of hydrogen-bond donors (Lipinski definition) is 2. The summed E-state index contributed by atoms with van der Waals surface area (Å²) in [6.07, 6.45) is 3.27. The zero-order valence-electron chi connectivity index (χ0n) is 14.3. The van der Waals surface area contributed by atoms with Gasteiger partial charge in [0, 0.05) is 6.61 Å². The molecular weight excluding hydrogens is 340 g/mol. The van der Waals surface area contributed by atoms with Crippen molar-refractivity contribution in [3.05, 3.63) is 35.7 Å². The molecule has 9 nitrogen and oxygen atoms in total. The molecule has 2 heterocycles. The van der Waals surface area contributed by atoms with Gasteiger partial charge in [-0.2, -0.15) is 0 Å². The molecule has 1 amide bonds. The highest BCUT2D eigenvalue weighted by Gasteiger charge is 2.18. The number of carboxylic acid groups (broad SMARTS) is 1. The average molecular weight is 360 g/mol. The maximum atomic E-state index is 12.2. The van der Waals surface area contributed by atoms with Gasteiger partial charge in [0.05, 0.1) is 18.0 Å². The van der Waals surface area contributed by atoms with E-state index >= 15 is 0 Å². The standard InChI is InChI=1S/C17H20N4O5/c1-11-4-5-13(15(7-11)26-10-12-3-2-6-25-12)18-16(22)9-21-8-14(17(23)24)19-20-21/h4-5,7-8,12H,2-3,6,9-10H2,1H3,(H,18,22)(H,23,24). The molecule has 1 aromatic heterocycles. The summed E-state index contributed by atoms with van der Waals surface area (Å²) in [6, 6.07) is 5.48. The van der Waals surface area contributed by atoms with Gasteiger partial charge in [-0.1, -0.05) is 11.3 Å². The number of carbonyl (C=O) groups excluding carboxylic acids is 1. The quantitative estimate of drug-likeness (QED) is 0.768. The lowest BCUT2D eigenvalue weighted by molar-refractivity contribution is -0.116. The van der Waals surface area contributed by atoms with E-state index in [4.69, 9.17) is 14.6 Å². The molecule has 26 heavy (non-hydrogen) atoms. The third-order valence-corrected chi connectivity index (χ3v) is 3.92. The van der Waals surface area contributed by atoms with Crippen molar-refractivity contribution < 1.29 is 24.2 Å². The number of carbonyl (C=O) groups is 2. The van der Waals surface area contributed by atoms with Gasteiger partial charge in [0.2, 0.25) is 5.91 Å². The van der Waals surface area contributed by atoms with Crippen molar-refractivity contribution in [2.75, 3.05) is 18.5 Å². The Hall–Kier alpha value is -2.94. The molecule has 1 fully saturated rings. The van der Waals surface area contributed by atoms with Crippen LogP contribution in [0.25, 0.3) is 0 Å². The minimum Gasteiger partial charge on any atom is -0.489 e. The van der Waals surface area contributed by atoms with Crippen LogP contribution in [-0.2, 0) is 16.1 Å². The van der Waals surface area contributed by atoms with E-state index in [0.717, 1.165) is 25.0 Å². The van der Waals surface area contributed by atoms with Crippen molar-refractivity contribution in [1.29, 1.82) is 0 Å². The Labute approximate surface area is 149 Å². The number of carboxylic acids is 1. The monoisotopic (exact) mass is 360 g/mol. The lowest BCUT2D eigenvalue weighted by Gasteiger charge is -2.16. The highest BCUT2D eigenvalue weighted by molar-refractivity contribution is 5.92. The van der Waals surface area contributed by atoms with E-state index in [9.17, 15) is 9.59 Å². The SMILES string of the molecule is Cc1ccc(NC(=O)Cn2cc(C(=O)O)nn2)c(OCC2CCCO2)c1. The van der Waals surface area contributed by atoms with Crippen molar-refractivity contribution in [1.82, 2.24) is 15.0 Å². The number of aromatic carboxylic acids is 1. The molecule has 3 rings (SSSR count). The fourth-order valence-electron chi connectivity index (χ4n) is 2.62. The zero-order valence-corrected chi connectivity index (χ0v) is 14.3. The van der Waals surface area contributed by atoms with Crippen LogP contribution in [0.2, 0.25) is 0 Å². The number of nitrogens with one attached hydrogen (secondary N) is 1. The van der Waals surface area contributed by atoms with Crippen molar-refractivity contribution in [2.24, 2.45) is 0 Å². The van der Waals surface area contributed by atoms with Crippen LogP contribution in [0.4, 0.5) is 5.69 Å². The Morgan fingerprint density at radius 2 is 2.31 bits per heavy atom. The van der Waals surface area contributed by atoms with Crippen molar-refractivity contribution in [3.8, 4) is 5.75 Å². The molecule has 0 spiro atoms. The summed E-state index contributed by atoms with van der Waals surface area (Å²) in [6.45, 7) is 2.96. The molecule has 138 valence electrons. The Bertz CT molecular complexity index is 798. The predicted octanol–water partition coefficient (Wildman–Crippen LogP) is 1.48. The molecule has 9 heteroatoms. The molecule has 0 aliphatic carbocycles.